The van der Waals surface area contributed by atoms with E-state index in [9.17, 15) is 13.2 Å². The molecule has 3 aromatic rings. The fourth-order valence-corrected chi connectivity index (χ4v) is 6.39. The number of ether oxygens (including phenoxy) is 1. The quantitative estimate of drug-likeness (QED) is 0.620. The van der Waals surface area contributed by atoms with Gasteiger partial charge < -0.3 is 10.1 Å². The van der Waals surface area contributed by atoms with Crippen molar-refractivity contribution >= 4 is 32.5 Å². The number of hydrogen-bond acceptors (Lipinski definition) is 5. The normalized spacial score (nSPS) is 17.1. The summed E-state index contributed by atoms with van der Waals surface area (Å²) in [7, 11) is -1.96. The third-order valence-electron chi connectivity index (χ3n) is 6.74. The van der Waals surface area contributed by atoms with Crippen LogP contribution in [-0.4, -0.2) is 43.8 Å². The first-order valence-corrected chi connectivity index (χ1v) is 12.8. The Bertz CT molecular complexity index is 1310. The maximum absolute atomic E-state index is 13.2. The van der Waals surface area contributed by atoms with Gasteiger partial charge in [0.1, 0.15) is 11.3 Å². The number of sulfonamides is 1. The number of aromatic nitrogens is 1. The van der Waals surface area contributed by atoms with Gasteiger partial charge in [0, 0.05) is 30.6 Å². The highest BCUT2D eigenvalue weighted by Gasteiger charge is 2.32. The molecule has 0 bridgehead atoms. The number of nitrogens with one attached hydrogen (secondary N) is 1. The van der Waals surface area contributed by atoms with Gasteiger partial charge in [-0.25, -0.2) is 8.42 Å². The molecule has 1 amide bonds. The number of aryl methyl sites for hydroxylation is 2. The second kappa shape index (κ2) is 8.76. The summed E-state index contributed by atoms with van der Waals surface area (Å²) in [5.41, 5.74) is 3.77. The Morgan fingerprint density at radius 1 is 1.09 bits per heavy atom. The van der Waals surface area contributed by atoms with Crippen LogP contribution in [0.1, 0.15) is 30.4 Å². The maximum Gasteiger partial charge on any atom is 0.243 e. The Labute approximate surface area is 193 Å². The number of amides is 1. The molecule has 5 rings (SSSR count). The summed E-state index contributed by atoms with van der Waals surface area (Å²) in [6, 6.07) is 12.8. The molecule has 2 aromatic carbocycles. The Morgan fingerprint density at radius 2 is 1.88 bits per heavy atom. The molecular formula is C25H27N3O4S. The molecule has 0 atom stereocenters. The molecule has 0 unspecified atom stereocenters. The molecule has 1 fully saturated rings. The molecule has 0 spiro atoms. The van der Waals surface area contributed by atoms with Crippen LogP contribution in [0, 0.1) is 5.92 Å². The average Bonchev–Trinajstić information content (AvgIpc) is 3.32. The highest BCUT2D eigenvalue weighted by Crippen LogP contribution is 2.32. The molecule has 1 saturated heterocycles. The molecule has 172 valence electrons. The Balaban J connectivity index is 1.27. The fourth-order valence-electron chi connectivity index (χ4n) is 4.87. The minimum atomic E-state index is -3.55. The Morgan fingerprint density at radius 3 is 2.67 bits per heavy atom. The van der Waals surface area contributed by atoms with Gasteiger partial charge >= 0.3 is 0 Å². The van der Waals surface area contributed by atoms with Gasteiger partial charge in [-0.2, -0.15) is 4.31 Å². The number of carbonyl (C=O) groups excluding carboxylic acids is 1. The van der Waals surface area contributed by atoms with Crippen LogP contribution in [-0.2, 0) is 27.7 Å². The van der Waals surface area contributed by atoms with E-state index in [4.69, 9.17) is 4.74 Å². The van der Waals surface area contributed by atoms with E-state index >= 15 is 0 Å². The number of anilines is 1. The highest BCUT2D eigenvalue weighted by atomic mass is 32.2. The van der Waals surface area contributed by atoms with E-state index in [0.29, 0.717) is 47.8 Å². The second-order valence-corrected chi connectivity index (χ2v) is 10.6. The van der Waals surface area contributed by atoms with Gasteiger partial charge in [-0.15, -0.1) is 0 Å². The monoisotopic (exact) mass is 465 g/mol. The number of piperidine rings is 1. The van der Waals surface area contributed by atoms with Crippen LogP contribution in [0.5, 0.6) is 5.75 Å². The average molecular weight is 466 g/mol. The Kier molecular flexibility index (Phi) is 5.80. The SMILES string of the molecule is COc1ccc(NC(=O)C2CCN(S(=O)(=O)c3ccc4c(c3)CCC4)CC2)c2cccnc12. The van der Waals surface area contributed by atoms with Crippen molar-refractivity contribution < 1.29 is 17.9 Å². The van der Waals surface area contributed by atoms with Crippen LogP contribution in [0.25, 0.3) is 10.9 Å². The number of methoxy groups -OCH3 is 1. The molecule has 8 heteroatoms. The van der Waals surface area contributed by atoms with Gasteiger partial charge in [0.2, 0.25) is 15.9 Å². The minimum Gasteiger partial charge on any atom is -0.494 e. The summed E-state index contributed by atoms with van der Waals surface area (Å²) in [6.07, 6.45) is 5.71. The molecule has 1 aliphatic carbocycles. The summed E-state index contributed by atoms with van der Waals surface area (Å²) in [5.74, 6) is 0.305. The molecule has 2 aliphatic rings. The van der Waals surface area contributed by atoms with E-state index in [0.717, 1.165) is 30.2 Å². The van der Waals surface area contributed by atoms with E-state index in [1.54, 1.807) is 25.4 Å². The minimum absolute atomic E-state index is 0.0973. The van der Waals surface area contributed by atoms with Gasteiger partial charge in [-0.3, -0.25) is 9.78 Å². The van der Waals surface area contributed by atoms with Crippen molar-refractivity contribution in [1.29, 1.82) is 0 Å². The van der Waals surface area contributed by atoms with E-state index < -0.39 is 10.0 Å². The number of rotatable bonds is 5. The van der Waals surface area contributed by atoms with Crippen molar-refractivity contribution in [2.45, 2.75) is 37.0 Å². The maximum atomic E-state index is 13.2. The molecule has 0 saturated carbocycles. The van der Waals surface area contributed by atoms with Crippen molar-refractivity contribution in [1.82, 2.24) is 9.29 Å². The zero-order chi connectivity index (χ0) is 23.0. The van der Waals surface area contributed by atoms with Gasteiger partial charge in [-0.1, -0.05) is 6.07 Å². The van der Waals surface area contributed by atoms with Crippen LogP contribution in [0.4, 0.5) is 5.69 Å². The lowest BCUT2D eigenvalue weighted by Gasteiger charge is -2.30. The smallest absolute Gasteiger partial charge is 0.243 e. The summed E-state index contributed by atoms with van der Waals surface area (Å²) >= 11 is 0. The number of pyridine rings is 1. The van der Waals surface area contributed by atoms with Crippen LogP contribution >= 0.6 is 0 Å². The first-order chi connectivity index (χ1) is 16.0. The molecule has 33 heavy (non-hydrogen) atoms. The van der Waals surface area contributed by atoms with E-state index in [-0.39, 0.29) is 11.8 Å². The number of benzene rings is 2. The third kappa shape index (κ3) is 4.09. The lowest BCUT2D eigenvalue weighted by atomic mass is 9.97. The zero-order valence-corrected chi connectivity index (χ0v) is 19.4. The van der Waals surface area contributed by atoms with Crippen molar-refractivity contribution in [2.24, 2.45) is 5.92 Å². The first kappa shape index (κ1) is 21.9. The Hall–Kier alpha value is -2.97. The van der Waals surface area contributed by atoms with E-state index in [2.05, 4.69) is 10.3 Å². The number of hydrogen-bond donors (Lipinski definition) is 1. The number of carbonyl (C=O) groups is 1. The second-order valence-electron chi connectivity index (χ2n) is 8.67. The lowest BCUT2D eigenvalue weighted by molar-refractivity contribution is -0.120. The molecule has 2 heterocycles. The zero-order valence-electron chi connectivity index (χ0n) is 18.6. The van der Waals surface area contributed by atoms with E-state index in [1.165, 1.54) is 9.87 Å². The van der Waals surface area contributed by atoms with Gasteiger partial charge in [0.05, 0.1) is 17.7 Å². The topological polar surface area (TPSA) is 88.6 Å². The van der Waals surface area contributed by atoms with Crippen LogP contribution in [0.15, 0.2) is 53.6 Å². The summed E-state index contributed by atoms with van der Waals surface area (Å²) < 4.78 is 33.2. The molecule has 1 N–H and O–H groups in total. The summed E-state index contributed by atoms with van der Waals surface area (Å²) in [4.78, 5) is 17.7. The van der Waals surface area contributed by atoms with Crippen molar-refractivity contribution in [3.63, 3.8) is 0 Å². The third-order valence-corrected chi connectivity index (χ3v) is 8.64. The van der Waals surface area contributed by atoms with Crippen LogP contribution in [0.2, 0.25) is 0 Å². The van der Waals surface area contributed by atoms with Gasteiger partial charge in [-0.05, 0) is 79.6 Å². The standard InChI is InChI=1S/C25H27N3O4S/c1-32-23-10-9-22(21-6-3-13-26-24(21)23)27-25(29)18-11-14-28(15-12-18)33(30,31)20-8-7-17-4-2-5-19(17)16-20/h3,6-10,13,16,18H,2,4-5,11-12,14-15H2,1H3,(H,27,29). The van der Waals surface area contributed by atoms with Crippen LogP contribution in [0.3, 0.4) is 0 Å². The lowest BCUT2D eigenvalue weighted by Crippen LogP contribution is -2.41. The fraction of sp³-hybridized carbons (Fsp3) is 0.360. The number of fused-ring (bicyclic) bond motifs is 2. The summed E-state index contributed by atoms with van der Waals surface area (Å²) in [6.45, 7) is 0.671. The largest absolute Gasteiger partial charge is 0.494 e. The van der Waals surface area contributed by atoms with Crippen molar-refractivity contribution in [3.05, 3.63) is 59.8 Å². The number of nitrogens with zero attached hydrogens (tertiary/aromatic N) is 2. The highest BCUT2D eigenvalue weighted by molar-refractivity contribution is 7.89. The predicted molar refractivity (Wildman–Crippen MR) is 127 cm³/mol. The molecule has 7 nitrogen and oxygen atoms in total. The molecule has 1 aliphatic heterocycles. The first-order valence-electron chi connectivity index (χ1n) is 11.3. The predicted octanol–water partition coefficient (Wildman–Crippen LogP) is 3.77. The van der Waals surface area contributed by atoms with Crippen molar-refractivity contribution in [3.8, 4) is 5.75 Å². The van der Waals surface area contributed by atoms with Gasteiger partial charge in [0.15, 0.2) is 0 Å². The van der Waals surface area contributed by atoms with E-state index in [1.807, 2.05) is 30.3 Å². The molecule has 1 aromatic heterocycles. The molecular weight excluding hydrogens is 438 g/mol. The summed E-state index contributed by atoms with van der Waals surface area (Å²) in [5, 5.41) is 3.82. The van der Waals surface area contributed by atoms with Gasteiger partial charge in [0.25, 0.3) is 0 Å². The molecule has 0 radical (unpaired) electrons. The van der Waals surface area contributed by atoms with Crippen molar-refractivity contribution in [2.75, 3.05) is 25.5 Å². The van der Waals surface area contributed by atoms with Crippen LogP contribution < -0.4 is 10.1 Å².